The van der Waals surface area contributed by atoms with Crippen molar-refractivity contribution in [3.63, 3.8) is 0 Å². The number of fused-ring (bicyclic) bond motifs is 1. The van der Waals surface area contributed by atoms with Crippen molar-refractivity contribution in [2.75, 3.05) is 10.6 Å². The maximum atomic E-state index is 11.0. The van der Waals surface area contributed by atoms with Gasteiger partial charge in [-0.2, -0.15) is 0 Å². The van der Waals surface area contributed by atoms with Crippen LogP contribution in [0.5, 0.6) is 0 Å². The molecular weight excluding hydrogens is 242 g/mol. The highest BCUT2D eigenvalue weighted by atomic mass is 16.4. The second-order valence-corrected chi connectivity index (χ2v) is 4.54. The summed E-state index contributed by atoms with van der Waals surface area (Å²) in [5.74, 6) is -0.505. The van der Waals surface area contributed by atoms with Gasteiger partial charge in [0, 0.05) is 13.1 Å². The van der Waals surface area contributed by atoms with Gasteiger partial charge in [-0.1, -0.05) is 24.3 Å². The molecule has 1 aliphatic rings. The minimum Gasteiger partial charge on any atom is -0.477 e. The lowest BCUT2D eigenvalue weighted by molar-refractivity contribution is 0.0690. The Balaban J connectivity index is 1.97. The number of anilines is 2. The van der Waals surface area contributed by atoms with E-state index in [-0.39, 0.29) is 5.69 Å². The number of hydrogen-bond acceptors (Lipinski definition) is 4. The fourth-order valence-electron chi connectivity index (χ4n) is 2.31. The lowest BCUT2D eigenvalue weighted by Crippen LogP contribution is -2.19. The number of carboxylic acid groups (broad SMARTS) is 1. The largest absolute Gasteiger partial charge is 0.477 e. The molecule has 1 aromatic carbocycles. The lowest BCUT2D eigenvalue weighted by atomic mass is 10.1. The summed E-state index contributed by atoms with van der Waals surface area (Å²) in [4.78, 5) is 17.1. The Labute approximate surface area is 110 Å². The van der Waals surface area contributed by atoms with Gasteiger partial charge < -0.3 is 15.7 Å². The summed E-state index contributed by atoms with van der Waals surface area (Å²) in [5, 5.41) is 8.99. The second-order valence-electron chi connectivity index (χ2n) is 4.54. The first-order valence-corrected chi connectivity index (χ1v) is 5.96. The van der Waals surface area contributed by atoms with Crippen LogP contribution < -0.4 is 10.6 Å². The number of pyridine rings is 1. The molecule has 2 heterocycles. The minimum absolute atomic E-state index is 0.0140. The molecule has 96 valence electrons. The van der Waals surface area contributed by atoms with E-state index < -0.39 is 5.97 Å². The summed E-state index contributed by atoms with van der Waals surface area (Å²) >= 11 is 0. The van der Waals surface area contributed by atoms with Gasteiger partial charge in [0.25, 0.3) is 0 Å². The van der Waals surface area contributed by atoms with Gasteiger partial charge in [-0.3, -0.25) is 0 Å². The van der Waals surface area contributed by atoms with Crippen LogP contribution in [-0.4, -0.2) is 16.1 Å². The zero-order valence-electron chi connectivity index (χ0n) is 10.2. The van der Waals surface area contributed by atoms with E-state index in [4.69, 9.17) is 10.8 Å². The average molecular weight is 255 g/mol. The van der Waals surface area contributed by atoms with Gasteiger partial charge in [0.15, 0.2) is 11.5 Å². The molecule has 3 N–H and O–H groups in total. The van der Waals surface area contributed by atoms with Gasteiger partial charge in [-0.15, -0.1) is 0 Å². The minimum atomic E-state index is -1.04. The molecule has 0 spiro atoms. The van der Waals surface area contributed by atoms with Gasteiger partial charge in [0.05, 0.1) is 5.69 Å². The molecule has 0 unspecified atom stereocenters. The smallest absolute Gasteiger partial charge is 0.354 e. The summed E-state index contributed by atoms with van der Waals surface area (Å²) < 4.78 is 0. The predicted molar refractivity (Wildman–Crippen MR) is 71.9 cm³/mol. The number of nitrogen functional groups attached to an aromatic ring is 1. The molecule has 0 saturated heterocycles. The van der Waals surface area contributed by atoms with Crippen molar-refractivity contribution in [1.29, 1.82) is 0 Å². The third-order valence-corrected chi connectivity index (χ3v) is 3.26. The molecule has 5 nitrogen and oxygen atoms in total. The molecule has 1 aliphatic heterocycles. The van der Waals surface area contributed by atoms with Crippen molar-refractivity contribution in [3.05, 3.63) is 53.2 Å². The van der Waals surface area contributed by atoms with Crippen LogP contribution in [0.3, 0.4) is 0 Å². The maximum absolute atomic E-state index is 11.0. The Morgan fingerprint density at radius 2 is 1.79 bits per heavy atom. The van der Waals surface area contributed by atoms with Crippen LogP contribution in [0.4, 0.5) is 11.5 Å². The zero-order valence-corrected chi connectivity index (χ0v) is 10.2. The molecule has 0 amide bonds. The van der Waals surface area contributed by atoms with Crippen molar-refractivity contribution >= 4 is 17.5 Å². The van der Waals surface area contributed by atoms with E-state index in [1.54, 1.807) is 6.07 Å². The monoisotopic (exact) mass is 255 g/mol. The standard InChI is InChI=1S/C14H13N3O2/c15-11-5-6-12(14(18)19)16-13(11)17-7-9-3-1-2-4-10(9)8-17/h1-6H,7-8,15H2,(H,18,19). The summed E-state index contributed by atoms with van der Waals surface area (Å²) in [6.45, 7) is 1.41. The number of carbonyl (C=O) groups is 1. The summed E-state index contributed by atoms with van der Waals surface area (Å²) in [7, 11) is 0. The van der Waals surface area contributed by atoms with E-state index in [1.807, 2.05) is 17.0 Å². The van der Waals surface area contributed by atoms with Gasteiger partial charge in [0.2, 0.25) is 0 Å². The number of nitrogens with two attached hydrogens (primary N) is 1. The molecular formula is C14H13N3O2. The first-order chi connectivity index (χ1) is 9.15. The van der Waals surface area contributed by atoms with Crippen LogP contribution in [0.2, 0.25) is 0 Å². The molecule has 19 heavy (non-hydrogen) atoms. The number of carboxylic acids is 1. The fourth-order valence-corrected chi connectivity index (χ4v) is 2.31. The first kappa shape index (κ1) is 11.5. The van der Waals surface area contributed by atoms with Crippen LogP contribution in [0.25, 0.3) is 0 Å². The van der Waals surface area contributed by atoms with Gasteiger partial charge in [-0.05, 0) is 23.3 Å². The quantitative estimate of drug-likeness (QED) is 0.856. The van der Waals surface area contributed by atoms with Crippen LogP contribution in [-0.2, 0) is 13.1 Å². The average Bonchev–Trinajstić information content (AvgIpc) is 2.82. The Bertz CT molecular complexity index is 630. The third-order valence-electron chi connectivity index (χ3n) is 3.26. The molecule has 2 aromatic rings. The maximum Gasteiger partial charge on any atom is 0.354 e. The number of nitrogens with zero attached hydrogens (tertiary/aromatic N) is 2. The van der Waals surface area contributed by atoms with Crippen molar-refractivity contribution in [2.45, 2.75) is 13.1 Å². The van der Waals surface area contributed by atoms with Crippen LogP contribution in [0.15, 0.2) is 36.4 Å². The van der Waals surface area contributed by atoms with E-state index in [2.05, 4.69) is 17.1 Å². The van der Waals surface area contributed by atoms with Crippen LogP contribution >= 0.6 is 0 Å². The van der Waals surface area contributed by atoms with Crippen molar-refractivity contribution < 1.29 is 9.90 Å². The molecule has 5 heteroatoms. The molecule has 3 rings (SSSR count). The SMILES string of the molecule is Nc1ccc(C(=O)O)nc1N1Cc2ccccc2C1. The highest BCUT2D eigenvalue weighted by Crippen LogP contribution is 2.30. The van der Waals surface area contributed by atoms with E-state index in [9.17, 15) is 4.79 Å². The van der Waals surface area contributed by atoms with Gasteiger partial charge >= 0.3 is 5.97 Å². The lowest BCUT2D eigenvalue weighted by Gasteiger charge is -2.18. The number of aromatic nitrogens is 1. The van der Waals surface area contributed by atoms with E-state index >= 15 is 0 Å². The molecule has 0 fully saturated rings. The Morgan fingerprint density at radius 1 is 1.16 bits per heavy atom. The highest BCUT2D eigenvalue weighted by molar-refractivity contribution is 5.87. The number of hydrogen-bond donors (Lipinski definition) is 2. The van der Waals surface area contributed by atoms with Crippen molar-refractivity contribution in [1.82, 2.24) is 4.98 Å². The van der Waals surface area contributed by atoms with Gasteiger partial charge in [0.1, 0.15) is 0 Å². The van der Waals surface area contributed by atoms with E-state index in [0.29, 0.717) is 24.6 Å². The summed E-state index contributed by atoms with van der Waals surface area (Å²) in [5.41, 5.74) is 8.87. The van der Waals surface area contributed by atoms with Crippen molar-refractivity contribution in [3.8, 4) is 0 Å². The molecule has 0 atom stereocenters. The van der Waals surface area contributed by atoms with Crippen LogP contribution in [0, 0.1) is 0 Å². The number of benzene rings is 1. The third kappa shape index (κ3) is 1.99. The fraction of sp³-hybridized carbons (Fsp3) is 0.143. The molecule has 0 aliphatic carbocycles. The van der Waals surface area contributed by atoms with Crippen molar-refractivity contribution in [2.24, 2.45) is 0 Å². The molecule has 0 radical (unpaired) electrons. The van der Waals surface area contributed by atoms with E-state index in [1.165, 1.54) is 17.2 Å². The predicted octanol–water partition coefficient (Wildman–Crippen LogP) is 1.88. The zero-order chi connectivity index (χ0) is 13.4. The van der Waals surface area contributed by atoms with E-state index in [0.717, 1.165) is 0 Å². The highest BCUT2D eigenvalue weighted by Gasteiger charge is 2.22. The Kier molecular flexibility index (Phi) is 2.59. The summed E-state index contributed by atoms with van der Waals surface area (Å²) in [6, 6.07) is 11.1. The topological polar surface area (TPSA) is 79.5 Å². The summed E-state index contributed by atoms with van der Waals surface area (Å²) in [6.07, 6.45) is 0. The first-order valence-electron chi connectivity index (χ1n) is 5.96. The molecule has 0 saturated carbocycles. The second kappa shape index (κ2) is 4.28. The number of aromatic carboxylic acids is 1. The number of rotatable bonds is 2. The Hall–Kier alpha value is -2.56. The normalized spacial score (nSPS) is 13.4. The van der Waals surface area contributed by atoms with Gasteiger partial charge in [-0.25, -0.2) is 9.78 Å². The molecule has 0 bridgehead atoms. The molecule has 1 aromatic heterocycles. The van der Waals surface area contributed by atoms with Crippen LogP contribution in [0.1, 0.15) is 21.6 Å². The Morgan fingerprint density at radius 3 is 2.37 bits per heavy atom.